The Morgan fingerprint density at radius 1 is 0.923 bits per heavy atom. The van der Waals surface area contributed by atoms with Crippen molar-refractivity contribution in [1.29, 1.82) is 0 Å². The fourth-order valence-corrected chi connectivity index (χ4v) is 2.75. The van der Waals surface area contributed by atoms with E-state index in [1.165, 1.54) is 0 Å². The molecule has 138 valence electrons. The maximum absolute atomic E-state index is 10.8. The summed E-state index contributed by atoms with van der Waals surface area (Å²) in [5.74, 6) is -0.526. The molecule has 0 radical (unpaired) electrons. The SMILES string of the molecule is O=C(O)c1ccc(/C=C/c2ccc(OCCCCS(=O)(=O)O)cc2)cc1. The molecule has 0 saturated heterocycles. The van der Waals surface area contributed by atoms with Gasteiger partial charge in [0.2, 0.25) is 0 Å². The Kier molecular flexibility index (Phi) is 6.94. The monoisotopic (exact) mass is 376 g/mol. The highest BCUT2D eigenvalue weighted by atomic mass is 32.2. The molecule has 0 amide bonds. The van der Waals surface area contributed by atoms with Crippen molar-refractivity contribution in [2.24, 2.45) is 0 Å². The fraction of sp³-hybridized carbons (Fsp3) is 0.211. The summed E-state index contributed by atoms with van der Waals surface area (Å²) in [6.45, 7) is 0.376. The third kappa shape index (κ3) is 7.08. The maximum Gasteiger partial charge on any atom is 0.335 e. The van der Waals surface area contributed by atoms with Gasteiger partial charge in [0.1, 0.15) is 5.75 Å². The molecule has 2 aromatic rings. The average Bonchev–Trinajstić information content (AvgIpc) is 2.60. The summed E-state index contributed by atoms with van der Waals surface area (Å²) in [6, 6.07) is 14.0. The van der Waals surface area contributed by atoms with Crippen molar-refractivity contribution in [2.75, 3.05) is 12.4 Å². The van der Waals surface area contributed by atoms with Crippen LogP contribution < -0.4 is 4.74 Å². The van der Waals surface area contributed by atoms with E-state index in [9.17, 15) is 13.2 Å². The molecule has 2 aromatic carbocycles. The molecular formula is C19H20O6S. The summed E-state index contributed by atoms with van der Waals surface area (Å²) >= 11 is 0. The van der Waals surface area contributed by atoms with Crippen LogP contribution in [0.5, 0.6) is 5.75 Å². The minimum absolute atomic E-state index is 0.250. The molecule has 0 atom stereocenters. The minimum atomic E-state index is -3.90. The lowest BCUT2D eigenvalue weighted by molar-refractivity contribution is 0.0697. The van der Waals surface area contributed by atoms with E-state index in [1.807, 2.05) is 36.4 Å². The normalized spacial score (nSPS) is 11.6. The fourth-order valence-electron chi connectivity index (χ4n) is 2.18. The molecule has 6 nitrogen and oxygen atoms in total. The van der Waals surface area contributed by atoms with Crippen LogP contribution in [0.15, 0.2) is 48.5 Å². The van der Waals surface area contributed by atoms with Crippen LogP contribution in [0.3, 0.4) is 0 Å². The molecular weight excluding hydrogens is 356 g/mol. The highest BCUT2D eigenvalue weighted by Crippen LogP contribution is 2.15. The van der Waals surface area contributed by atoms with E-state index in [0.717, 1.165) is 11.1 Å². The first kappa shape index (κ1) is 19.7. The molecule has 0 aliphatic heterocycles. The third-order valence-electron chi connectivity index (χ3n) is 3.57. The zero-order valence-electron chi connectivity index (χ0n) is 14.0. The molecule has 2 N–H and O–H groups in total. The molecule has 0 fully saturated rings. The molecule has 0 aliphatic rings. The van der Waals surface area contributed by atoms with Gasteiger partial charge in [-0.3, -0.25) is 4.55 Å². The van der Waals surface area contributed by atoms with Crippen LogP contribution in [0, 0.1) is 0 Å². The van der Waals surface area contributed by atoms with E-state index in [4.69, 9.17) is 14.4 Å². The standard InChI is InChI=1S/C19H20O6S/c20-19(21)17-9-5-15(6-10-17)3-4-16-7-11-18(12-8-16)25-13-1-2-14-26(22,23)24/h3-12H,1-2,13-14H2,(H,20,21)(H,22,23,24)/b4-3+. The molecule has 0 aromatic heterocycles. The van der Waals surface area contributed by atoms with Crippen molar-refractivity contribution >= 4 is 28.2 Å². The first-order valence-electron chi connectivity index (χ1n) is 8.03. The summed E-state index contributed by atoms with van der Waals surface area (Å²) < 4.78 is 35.3. The van der Waals surface area contributed by atoms with Gasteiger partial charge in [0.15, 0.2) is 0 Å². The molecule has 0 saturated carbocycles. The maximum atomic E-state index is 10.8. The second kappa shape index (κ2) is 9.17. The molecule has 0 bridgehead atoms. The Labute approximate surface area is 152 Å². The van der Waals surface area contributed by atoms with Crippen LogP contribution in [0.1, 0.15) is 34.3 Å². The Morgan fingerprint density at radius 2 is 1.46 bits per heavy atom. The molecule has 7 heteroatoms. The summed E-state index contributed by atoms with van der Waals surface area (Å²) in [5, 5.41) is 8.87. The van der Waals surface area contributed by atoms with E-state index in [1.54, 1.807) is 24.3 Å². The van der Waals surface area contributed by atoms with E-state index in [0.29, 0.717) is 25.2 Å². The van der Waals surface area contributed by atoms with Gasteiger partial charge >= 0.3 is 5.97 Å². The Balaban J connectivity index is 1.82. The lowest BCUT2D eigenvalue weighted by Gasteiger charge is -2.06. The number of unbranched alkanes of at least 4 members (excludes halogenated alkanes) is 1. The lowest BCUT2D eigenvalue weighted by atomic mass is 10.1. The Hall–Kier alpha value is -2.64. The number of carboxylic acids is 1. The van der Waals surface area contributed by atoms with Crippen molar-refractivity contribution < 1.29 is 27.6 Å². The Morgan fingerprint density at radius 3 is 1.96 bits per heavy atom. The predicted molar refractivity (Wildman–Crippen MR) is 99.9 cm³/mol. The minimum Gasteiger partial charge on any atom is -0.494 e. The molecule has 26 heavy (non-hydrogen) atoms. The van der Waals surface area contributed by atoms with Gasteiger partial charge in [-0.2, -0.15) is 8.42 Å². The van der Waals surface area contributed by atoms with Crippen LogP contribution in [-0.2, 0) is 10.1 Å². The summed E-state index contributed by atoms with van der Waals surface area (Å²) in [7, 11) is -3.90. The van der Waals surface area contributed by atoms with Crippen LogP contribution in [0.4, 0.5) is 0 Å². The summed E-state index contributed by atoms with van der Waals surface area (Å²) in [4.78, 5) is 10.8. The predicted octanol–water partition coefficient (Wildman–Crippen LogP) is 3.60. The van der Waals surface area contributed by atoms with Crippen LogP contribution >= 0.6 is 0 Å². The number of ether oxygens (including phenoxy) is 1. The number of benzene rings is 2. The van der Waals surface area contributed by atoms with Crippen molar-refractivity contribution in [3.05, 3.63) is 65.2 Å². The molecule has 0 unspecified atom stereocenters. The zero-order valence-corrected chi connectivity index (χ0v) is 14.9. The average molecular weight is 376 g/mol. The van der Waals surface area contributed by atoms with E-state index >= 15 is 0 Å². The third-order valence-corrected chi connectivity index (χ3v) is 4.38. The summed E-state index contributed by atoms with van der Waals surface area (Å²) in [6.07, 6.45) is 4.68. The number of carboxylic acid groups (broad SMARTS) is 1. The Bertz CT molecular complexity index is 852. The largest absolute Gasteiger partial charge is 0.494 e. The molecule has 2 rings (SSSR count). The van der Waals surface area contributed by atoms with Gasteiger partial charge in [-0.05, 0) is 48.2 Å². The van der Waals surface area contributed by atoms with E-state index in [2.05, 4.69) is 0 Å². The number of carbonyl (C=O) groups is 1. The number of rotatable bonds is 9. The van der Waals surface area contributed by atoms with Crippen molar-refractivity contribution in [1.82, 2.24) is 0 Å². The van der Waals surface area contributed by atoms with Crippen LogP contribution in [-0.4, -0.2) is 36.4 Å². The van der Waals surface area contributed by atoms with Crippen molar-refractivity contribution in [3.63, 3.8) is 0 Å². The summed E-state index contributed by atoms with van der Waals surface area (Å²) in [5.41, 5.74) is 2.11. The van der Waals surface area contributed by atoms with Gasteiger partial charge in [0.25, 0.3) is 10.1 Å². The van der Waals surface area contributed by atoms with Gasteiger partial charge in [-0.15, -0.1) is 0 Å². The van der Waals surface area contributed by atoms with Gasteiger partial charge in [-0.1, -0.05) is 36.4 Å². The smallest absolute Gasteiger partial charge is 0.335 e. The van der Waals surface area contributed by atoms with Gasteiger partial charge in [-0.25, -0.2) is 4.79 Å². The zero-order chi connectivity index (χ0) is 19.0. The first-order chi connectivity index (χ1) is 12.3. The number of hydrogen-bond acceptors (Lipinski definition) is 4. The van der Waals surface area contributed by atoms with Gasteiger partial charge in [0.05, 0.1) is 17.9 Å². The van der Waals surface area contributed by atoms with Crippen LogP contribution in [0.2, 0.25) is 0 Å². The lowest BCUT2D eigenvalue weighted by Crippen LogP contribution is -2.06. The van der Waals surface area contributed by atoms with Gasteiger partial charge in [0, 0.05) is 0 Å². The second-order valence-corrected chi connectivity index (χ2v) is 7.24. The highest BCUT2D eigenvalue weighted by molar-refractivity contribution is 7.85. The number of aromatic carboxylic acids is 1. The quantitative estimate of drug-likeness (QED) is 0.394. The van der Waals surface area contributed by atoms with Gasteiger partial charge < -0.3 is 9.84 Å². The topological polar surface area (TPSA) is 101 Å². The molecule has 0 heterocycles. The van der Waals surface area contributed by atoms with E-state index in [-0.39, 0.29) is 11.3 Å². The van der Waals surface area contributed by atoms with Crippen LogP contribution in [0.25, 0.3) is 12.2 Å². The second-order valence-electron chi connectivity index (χ2n) is 5.67. The molecule has 0 aliphatic carbocycles. The first-order valence-corrected chi connectivity index (χ1v) is 9.64. The number of hydrogen-bond donors (Lipinski definition) is 2. The molecule has 0 spiro atoms. The highest BCUT2D eigenvalue weighted by Gasteiger charge is 2.03. The van der Waals surface area contributed by atoms with Crippen molar-refractivity contribution in [3.8, 4) is 5.75 Å². The van der Waals surface area contributed by atoms with Crippen molar-refractivity contribution in [2.45, 2.75) is 12.8 Å². The van der Waals surface area contributed by atoms with E-state index < -0.39 is 16.1 Å².